The van der Waals surface area contributed by atoms with Gasteiger partial charge in [0, 0.05) is 39.1 Å². The normalized spacial score (nSPS) is 18.3. The number of thiol groups is 1. The first-order valence-corrected chi connectivity index (χ1v) is 12.8. The van der Waals surface area contributed by atoms with E-state index in [2.05, 4.69) is 94.1 Å². The molecule has 0 amide bonds. The number of hydrogen-bond donors (Lipinski definition) is 1. The van der Waals surface area contributed by atoms with Crippen LogP contribution in [0.5, 0.6) is 0 Å². The molecule has 1 aliphatic rings. The van der Waals surface area contributed by atoms with Gasteiger partial charge in [-0.1, -0.05) is 81.4 Å². The highest BCUT2D eigenvalue weighted by Crippen LogP contribution is 2.52. The van der Waals surface area contributed by atoms with Gasteiger partial charge in [0.15, 0.2) is 5.79 Å². The molecule has 0 atom stereocenters. The van der Waals surface area contributed by atoms with E-state index >= 15 is 0 Å². The summed E-state index contributed by atoms with van der Waals surface area (Å²) in [5, 5.41) is 2.57. The second kappa shape index (κ2) is 8.56. The van der Waals surface area contributed by atoms with E-state index in [0.29, 0.717) is 6.61 Å². The van der Waals surface area contributed by atoms with Gasteiger partial charge in [-0.3, -0.25) is 0 Å². The molecule has 2 aromatic rings. The third-order valence-corrected chi connectivity index (χ3v) is 12.0. The Kier molecular flexibility index (Phi) is 6.66. The van der Waals surface area contributed by atoms with Crippen molar-refractivity contribution in [2.75, 3.05) is 26.6 Å². The molecule has 0 saturated heterocycles. The monoisotopic (exact) mass is 430 g/mol. The van der Waals surface area contributed by atoms with Crippen LogP contribution in [0, 0.1) is 5.41 Å². The molecule has 0 radical (unpaired) electrons. The minimum absolute atomic E-state index is 0.0309. The Labute approximate surface area is 182 Å². The fourth-order valence-corrected chi connectivity index (χ4v) is 9.74. The largest absolute Gasteiger partial charge is 0.407 e. The molecule has 0 heterocycles. The van der Waals surface area contributed by atoms with E-state index in [-0.39, 0.29) is 10.5 Å². The van der Waals surface area contributed by atoms with Crippen molar-refractivity contribution in [2.45, 2.75) is 44.4 Å². The topological polar surface area (TPSA) is 27.7 Å². The molecule has 1 aliphatic carbocycles. The van der Waals surface area contributed by atoms with E-state index in [9.17, 15) is 0 Å². The van der Waals surface area contributed by atoms with Crippen molar-refractivity contribution in [3.63, 3.8) is 0 Å². The lowest BCUT2D eigenvalue weighted by Crippen LogP contribution is -2.68. The summed E-state index contributed by atoms with van der Waals surface area (Å²) in [7, 11) is 0.894. The minimum atomic E-state index is -2.54. The van der Waals surface area contributed by atoms with Crippen molar-refractivity contribution in [3.8, 4) is 0 Å². The number of ether oxygens (including phenoxy) is 2. The summed E-state index contributed by atoms with van der Waals surface area (Å²) in [6.45, 7) is 7.57. The first kappa shape index (κ1) is 22.6. The average molecular weight is 431 g/mol. The van der Waals surface area contributed by atoms with Crippen molar-refractivity contribution in [1.29, 1.82) is 0 Å². The highest BCUT2D eigenvalue weighted by atomic mass is 32.1. The summed E-state index contributed by atoms with van der Waals surface area (Å²) in [5.74, 6) is 0.247. The van der Waals surface area contributed by atoms with Crippen LogP contribution >= 0.6 is 12.6 Å². The number of hydrogen-bond acceptors (Lipinski definition) is 4. The Hall–Kier alpha value is -1.11. The second-order valence-corrected chi connectivity index (χ2v) is 13.9. The van der Waals surface area contributed by atoms with Crippen molar-refractivity contribution in [3.05, 3.63) is 60.7 Å². The van der Waals surface area contributed by atoms with Gasteiger partial charge >= 0.3 is 0 Å². The van der Waals surface area contributed by atoms with Gasteiger partial charge in [0.1, 0.15) is 0 Å². The fraction of sp³-hybridized carbons (Fsp3) is 0.500. The van der Waals surface area contributed by atoms with Crippen molar-refractivity contribution in [1.82, 2.24) is 0 Å². The first-order chi connectivity index (χ1) is 13.8. The van der Waals surface area contributed by atoms with E-state index in [0.717, 1.165) is 18.6 Å². The standard InChI is InChI=1S/C24H34O3SSi/c1-22(2,3)29(20-12-8-6-9-13-20,21-14-10-7-11-15-21)27-18-23(19-28)16-24(17-23,25-4)26-5/h6-15,28H,16-19H2,1-5H3. The van der Waals surface area contributed by atoms with E-state index in [1.54, 1.807) is 14.2 Å². The third kappa shape index (κ3) is 4.08. The smallest absolute Gasteiger partial charge is 0.261 e. The van der Waals surface area contributed by atoms with Gasteiger partial charge in [-0.25, -0.2) is 0 Å². The van der Waals surface area contributed by atoms with Crippen LogP contribution < -0.4 is 10.4 Å². The molecular weight excluding hydrogens is 396 g/mol. The quantitative estimate of drug-likeness (QED) is 0.385. The predicted octanol–water partition coefficient (Wildman–Crippen LogP) is 4.26. The molecule has 0 N–H and O–H groups in total. The molecule has 0 bridgehead atoms. The fourth-order valence-electron chi connectivity index (χ4n) is 4.75. The molecule has 0 aromatic heterocycles. The predicted molar refractivity (Wildman–Crippen MR) is 126 cm³/mol. The van der Waals surface area contributed by atoms with E-state index in [4.69, 9.17) is 13.9 Å². The molecule has 1 saturated carbocycles. The van der Waals surface area contributed by atoms with Gasteiger partial charge in [-0.15, -0.1) is 0 Å². The van der Waals surface area contributed by atoms with Crippen LogP contribution in [-0.2, 0) is 13.9 Å². The molecule has 158 valence electrons. The Balaban J connectivity index is 2.01. The van der Waals surface area contributed by atoms with Gasteiger partial charge in [-0.2, -0.15) is 12.6 Å². The zero-order valence-electron chi connectivity index (χ0n) is 18.3. The summed E-state index contributed by atoms with van der Waals surface area (Å²) < 4.78 is 18.4. The van der Waals surface area contributed by atoms with E-state index in [1.807, 2.05) is 0 Å². The Morgan fingerprint density at radius 1 is 0.862 bits per heavy atom. The molecule has 29 heavy (non-hydrogen) atoms. The Bertz CT molecular complexity index is 737. The van der Waals surface area contributed by atoms with E-state index < -0.39 is 14.1 Å². The molecule has 3 nitrogen and oxygen atoms in total. The minimum Gasteiger partial charge on any atom is -0.407 e. The van der Waals surface area contributed by atoms with Crippen LogP contribution in [0.25, 0.3) is 0 Å². The zero-order valence-corrected chi connectivity index (χ0v) is 20.2. The summed E-state index contributed by atoms with van der Waals surface area (Å²) >= 11 is 4.69. The summed E-state index contributed by atoms with van der Waals surface area (Å²) in [6.07, 6.45) is 1.60. The van der Waals surface area contributed by atoms with Crippen LogP contribution in [0.4, 0.5) is 0 Å². The lowest BCUT2D eigenvalue weighted by molar-refractivity contribution is -0.296. The van der Waals surface area contributed by atoms with Crippen LogP contribution in [0.3, 0.4) is 0 Å². The first-order valence-electron chi connectivity index (χ1n) is 10.2. The average Bonchev–Trinajstić information content (AvgIpc) is 2.71. The van der Waals surface area contributed by atoms with Gasteiger partial charge < -0.3 is 13.9 Å². The van der Waals surface area contributed by atoms with E-state index in [1.165, 1.54) is 10.4 Å². The summed E-state index contributed by atoms with van der Waals surface area (Å²) in [5.41, 5.74) is -0.0395. The van der Waals surface area contributed by atoms with Crippen LogP contribution in [-0.4, -0.2) is 40.7 Å². The summed E-state index contributed by atoms with van der Waals surface area (Å²) in [4.78, 5) is 0. The molecule has 1 fully saturated rings. The number of rotatable bonds is 8. The summed E-state index contributed by atoms with van der Waals surface area (Å²) in [6, 6.07) is 21.5. The Morgan fingerprint density at radius 3 is 1.66 bits per heavy atom. The Morgan fingerprint density at radius 2 is 1.31 bits per heavy atom. The van der Waals surface area contributed by atoms with Crippen molar-refractivity contribution in [2.24, 2.45) is 5.41 Å². The highest BCUT2D eigenvalue weighted by molar-refractivity contribution is 7.80. The van der Waals surface area contributed by atoms with Crippen molar-refractivity contribution < 1.29 is 13.9 Å². The van der Waals surface area contributed by atoms with Gasteiger partial charge in [0.2, 0.25) is 0 Å². The molecule has 3 rings (SSSR count). The molecule has 0 spiro atoms. The SMILES string of the molecule is COC1(OC)CC(CS)(CO[Si](c2ccccc2)(c2ccccc2)C(C)(C)C)C1. The van der Waals surface area contributed by atoms with Crippen LogP contribution in [0.1, 0.15) is 33.6 Å². The lowest BCUT2D eigenvalue weighted by atomic mass is 9.66. The maximum Gasteiger partial charge on any atom is 0.261 e. The molecule has 0 unspecified atom stereocenters. The number of methoxy groups -OCH3 is 2. The number of benzene rings is 2. The third-order valence-electron chi connectivity index (χ3n) is 6.38. The molecular formula is C24H34O3SSi. The lowest BCUT2D eigenvalue weighted by Gasteiger charge is -2.55. The molecule has 2 aromatic carbocycles. The highest BCUT2D eigenvalue weighted by Gasteiger charge is 2.58. The van der Waals surface area contributed by atoms with Crippen molar-refractivity contribution >= 4 is 31.3 Å². The van der Waals surface area contributed by atoms with Crippen LogP contribution in [0.15, 0.2) is 60.7 Å². The second-order valence-electron chi connectivity index (χ2n) is 9.28. The molecule has 0 aliphatic heterocycles. The maximum absolute atomic E-state index is 7.13. The van der Waals surface area contributed by atoms with Crippen LogP contribution in [0.2, 0.25) is 5.04 Å². The molecule has 5 heteroatoms. The maximum atomic E-state index is 7.13. The zero-order chi connectivity index (χ0) is 21.2. The van der Waals surface area contributed by atoms with Gasteiger partial charge in [0.05, 0.1) is 0 Å². The van der Waals surface area contributed by atoms with Gasteiger partial charge in [-0.05, 0) is 21.2 Å². The van der Waals surface area contributed by atoms with Gasteiger partial charge in [0.25, 0.3) is 8.32 Å².